The van der Waals surface area contributed by atoms with E-state index in [1.165, 1.54) is 12.4 Å². The fourth-order valence-electron chi connectivity index (χ4n) is 4.34. The van der Waals surface area contributed by atoms with Gasteiger partial charge in [0.05, 0.1) is 12.7 Å². The van der Waals surface area contributed by atoms with Crippen molar-refractivity contribution in [2.75, 3.05) is 5.32 Å². The van der Waals surface area contributed by atoms with Crippen LogP contribution in [-0.2, 0) is 17.8 Å². The Balaban J connectivity index is 1.29. The van der Waals surface area contributed by atoms with E-state index in [4.69, 9.17) is 4.42 Å². The van der Waals surface area contributed by atoms with Crippen molar-refractivity contribution >= 4 is 22.6 Å². The molecule has 2 heterocycles. The second kappa shape index (κ2) is 8.56. The van der Waals surface area contributed by atoms with Crippen LogP contribution in [0.25, 0.3) is 22.0 Å². The van der Waals surface area contributed by atoms with Crippen LogP contribution in [0.4, 0.5) is 10.2 Å². The number of fused-ring (bicyclic) bond motifs is 1. The molecule has 2 saturated carbocycles. The quantitative estimate of drug-likeness (QED) is 0.388. The Morgan fingerprint density at radius 3 is 2.71 bits per heavy atom. The van der Waals surface area contributed by atoms with E-state index in [2.05, 4.69) is 15.3 Å². The summed E-state index contributed by atoms with van der Waals surface area (Å²) in [5.41, 5.74) is 2.99. The van der Waals surface area contributed by atoms with Crippen LogP contribution in [0, 0.1) is 5.82 Å². The number of furan rings is 1. The molecule has 34 heavy (non-hydrogen) atoms. The fraction of sp³-hybridized carbons (Fsp3) is 0.296. The summed E-state index contributed by atoms with van der Waals surface area (Å²) in [7, 11) is 0. The molecule has 2 aromatic heterocycles. The normalized spacial score (nSPS) is 15.4. The molecule has 7 heteroatoms. The molecular weight excluding hydrogens is 431 g/mol. The highest BCUT2D eigenvalue weighted by Gasteiger charge is 2.32. The Morgan fingerprint density at radius 2 is 1.94 bits per heavy atom. The Kier molecular flexibility index (Phi) is 5.24. The van der Waals surface area contributed by atoms with Gasteiger partial charge in [0.15, 0.2) is 0 Å². The van der Waals surface area contributed by atoms with Crippen molar-refractivity contribution in [3.05, 3.63) is 78.3 Å². The van der Waals surface area contributed by atoms with Crippen LogP contribution in [0.1, 0.15) is 37.0 Å². The number of hydrogen-bond acceptors (Lipinski definition) is 5. The molecular formula is C27H25FN4O2. The number of hydrogen-bond donors (Lipinski definition) is 1. The number of halogens is 1. The first-order valence-electron chi connectivity index (χ1n) is 11.8. The van der Waals surface area contributed by atoms with Crippen LogP contribution >= 0.6 is 0 Å². The van der Waals surface area contributed by atoms with Crippen LogP contribution in [0.3, 0.4) is 0 Å². The van der Waals surface area contributed by atoms with Crippen LogP contribution in [0.2, 0.25) is 0 Å². The van der Waals surface area contributed by atoms with Gasteiger partial charge in [0.1, 0.15) is 29.2 Å². The number of carbonyl (C=O) groups is 1. The Bertz CT molecular complexity index is 1350. The van der Waals surface area contributed by atoms with E-state index in [9.17, 15) is 9.18 Å². The van der Waals surface area contributed by atoms with Gasteiger partial charge in [-0.05, 0) is 72.7 Å². The van der Waals surface area contributed by atoms with Gasteiger partial charge in [0.2, 0.25) is 5.91 Å². The lowest BCUT2D eigenvalue weighted by atomic mass is 10.0. The summed E-state index contributed by atoms with van der Waals surface area (Å²) < 4.78 is 20.4. The van der Waals surface area contributed by atoms with Crippen molar-refractivity contribution in [1.29, 1.82) is 0 Å². The van der Waals surface area contributed by atoms with Gasteiger partial charge in [0, 0.05) is 24.0 Å². The monoisotopic (exact) mass is 456 g/mol. The van der Waals surface area contributed by atoms with Gasteiger partial charge in [-0.3, -0.25) is 4.79 Å². The van der Waals surface area contributed by atoms with E-state index in [0.29, 0.717) is 35.1 Å². The highest BCUT2D eigenvalue weighted by atomic mass is 19.1. The van der Waals surface area contributed by atoms with Crippen molar-refractivity contribution < 1.29 is 13.6 Å². The van der Waals surface area contributed by atoms with Crippen LogP contribution in [0.15, 0.2) is 65.5 Å². The molecule has 0 saturated heterocycles. The van der Waals surface area contributed by atoms with Gasteiger partial charge in [-0.15, -0.1) is 0 Å². The zero-order chi connectivity index (χ0) is 23.1. The van der Waals surface area contributed by atoms with Gasteiger partial charge in [-0.1, -0.05) is 18.2 Å². The van der Waals surface area contributed by atoms with Crippen LogP contribution in [0.5, 0.6) is 0 Å². The summed E-state index contributed by atoms with van der Waals surface area (Å²) in [6.45, 7) is 0.520. The smallest absolute Gasteiger partial charge is 0.230 e. The summed E-state index contributed by atoms with van der Waals surface area (Å²) in [5.74, 6) is 1.04. The molecule has 2 fully saturated rings. The van der Waals surface area contributed by atoms with Crippen LogP contribution < -0.4 is 5.32 Å². The van der Waals surface area contributed by atoms with E-state index in [1.54, 1.807) is 12.3 Å². The summed E-state index contributed by atoms with van der Waals surface area (Å²) >= 11 is 0. The number of amides is 1. The number of nitrogens with one attached hydrogen (secondary N) is 1. The largest absolute Gasteiger partial charge is 0.469 e. The second-order valence-corrected chi connectivity index (χ2v) is 9.20. The number of nitrogens with zero attached hydrogens (tertiary/aromatic N) is 3. The molecule has 4 aromatic rings. The first kappa shape index (κ1) is 20.8. The van der Waals surface area contributed by atoms with E-state index >= 15 is 0 Å². The molecule has 1 N–H and O–H groups in total. The maximum absolute atomic E-state index is 15.0. The maximum atomic E-state index is 15.0. The average molecular weight is 457 g/mol. The number of carbonyl (C=O) groups excluding carboxylic acids is 1. The van der Waals surface area contributed by atoms with Gasteiger partial charge in [0.25, 0.3) is 0 Å². The Labute approximate surface area is 196 Å². The van der Waals surface area contributed by atoms with Crippen molar-refractivity contribution in [1.82, 2.24) is 14.9 Å². The minimum atomic E-state index is -0.368. The highest BCUT2D eigenvalue weighted by Crippen LogP contribution is 2.33. The third-order valence-corrected chi connectivity index (χ3v) is 6.44. The zero-order valence-corrected chi connectivity index (χ0v) is 18.7. The van der Waals surface area contributed by atoms with E-state index < -0.39 is 0 Å². The molecule has 0 spiro atoms. The number of aromatic nitrogens is 2. The Hall–Kier alpha value is -3.74. The first-order chi connectivity index (χ1) is 16.6. The fourth-order valence-corrected chi connectivity index (χ4v) is 4.34. The van der Waals surface area contributed by atoms with Crippen molar-refractivity contribution in [3.63, 3.8) is 0 Å². The third kappa shape index (κ3) is 4.38. The molecule has 2 aromatic carbocycles. The minimum Gasteiger partial charge on any atom is -0.469 e. The summed E-state index contributed by atoms with van der Waals surface area (Å²) in [4.78, 5) is 23.4. The molecule has 0 radical (unpaired) electrons. The lowest BCUT2D eigenvalue weighted by Crippen LogP contribution is -2.33. The second-order valence-electron chi connectivity index (χ2n) is 9.20. The van der Waals surface area contributed by atoms with Gasteiger partial charge >= 0.3 is 0 Å². The standard InChI is InChI=1S/C27H25FN4O2/c28-24-13-19(12-23-26(24)29-16-30-27(23)31-20-6-7-20)18-4-1-3-17(11-18)15-32(21-8-9-21)25(33)14-22-5-2-10-34-22/h1-5,10-13,16,20-21H,6-9,14-15H2,(H,29,30,31). The van der Waals surface area contributed by atoms with Gasteiger partial charge in [-0.25, -0.2) is 14.4 Å². The molecule has 0 bridgehead atoms. The average Bonchev–Trinajstić information content (AvgIpc) is 3.78. The zero-order valence-electron chi connectivity index (χ0n) is 18.7. The third-order valence-electron chi connectivity index (χ3n) is 6.44. The van der Waals surface area contributed by atoms with Crippen LogP contribution in [-0.4, -0.2) is 32.9 Å². The number of anilines is 1. The molecule has 0 atom stereocenters. The first-order valence-corrected chi connectivity index (χ1v) is 11.8. The summed E-state index contributed by atoms with van der Waals surface area (Å²) in [6, 6.07) is 15.7. The highest BCUT2D eigenvalue weighted by molar-refractivity contribution is 5.93. The molecule has 2 aliphatic rings. The van der Waals surface area contributed by atoms with Crippen molar-refractivity contribution in [2.45, 2.75) is 50.7 Å². The van der Waals surface area contributed by atoms with Gasteiger partial charge < -0.3 is 14.6 Å². The van der Waals surface area contributed by atoms with E-state index in [-0.39, 0.29) is 24.2 Å². The topological polar surface area (TPSA) is 71.3 Å². The SMILES string of the molecule is O=C(Cc1ccco1)N(Cc1cccc(-c2cc(F)c3ncnc(NC4CC4)c3c2)c1)C1CC1. The maximum Gasteiger partial charge on any atom is 0.230 e. The van der Waals surface area contributed by atoms with Gasteiger partial charge in [-0.2, -0.15) is 0 Å². The molecule has 6 rings (SSSR count). The molecule has 2 aliphatic carbocycles. The summed E-state index contributed by atoms with van der Waals surface area (Å²) in [5, 5.41) is 4.07. The lowest BCUT2D eigenvalue weighted by molar-refractivity contribution is -0.131. The minimum absolute atomic E-state index is 0.0625. The molecule has 0 unspecified atom stereocenters. The molecule has 172 valence electrons. The number of rotatable bonds is 8. The Morgan fingerprint density at radius 1 is 1.06 bits per heavy atom. The predicted molar refractivity (Wildman–Crippen MR) is 128 cm³/mol. The molecule has 0 aliphatic heterocycles. The molecule has 1 amide bonds. The summed E-state index contributed by atoms with van der Waals surface area (Å²) in [6.07, 6.45) is 7.51. The predicted octanol–water partition coefficient (Wildman–Crippen LogP) is 5.34. The van der Waals surface area contributed by atoms with E-state index in [0.717, 1.165) is 42.4 Å². The van der Waals surface area contributed by atoms with Crippen molar-refractivity contribution in [3.8, 4) is 11.1 Å². The number of benzene rings is 2. The lowest BCUT2D eigenvalue weighted by Gasteiger charge is -2.22. The van der Waals surface area contributed by atoms with Crippen molar-refractivity contribution in [2.24, 2.45) is 0 Å². The van der Waals surface area contributed by atoms with E-state index in [1.807, 2.05) is 41.3 Å². The molecule has 6 nitrogen and oxygen atoms in total.